The molecule has 4 nitrogen and oxygen atoms in total. The van der Waals surface area contributed by atoms with Gasteiger partial charge in [0.1, 0.15) is 5.75 Å². The molecular weight excluding hydrogens is 368 g/mol. The molecule has 2 rings (SSSR count). The molecule has 0 atom stereocenters. The van der Waals surface area contributed by atoms with E-state index in [1.165, 1.54) is 0 Å². The molecule has 2 aromatic rings. The van der Waals surface area contributed by atoms with Crippen LogP contribution in [0.2, 0.25) is 0 Å². The van der Waals surface area contributed by atoms with Crippen molar-refractivity contribution in [2.75, 3.05) is 19.0 Å². The predicted molar refractivity (Wildman–Crippen MR) is 95.1 cm³/mol. The first-order valence-electron chi connectivity index (χ1n) is 6.58. The Bertz CT molecular complexity index is 633. The van der Waals surface area contributed by atoms with E-state index in [-0.39, 0.29) is 18.3 Å². The number of rotatable bonds is 5. The van der Waals surface area contributed by atoms with Gasteiger partial charge >= 0.3 is 0 Å². The predicted octanol–water partition coefficient (Wildman–Crippen LogP) is 3.63. The molecule has 118 valence electrons. The van der Waals surface area contributed by atoms with Crippen molar-refractivity contribution >= 4 is 39.9 Å². The Balaban J connectivity index is 0.00000242. The van der Waals surface area contributed by atoms with Crippen LogP contribution in [0.25, 0.3) is 0 Å². The molecule has 0 radical (unpaired) electrons. The van der Waals surface area contributed by atoms with Crippen molar-refractivity contribution in [2.24, 2.45) is 5.73 Å². The lowest BCUT2D eigenvalue weighted by Crippen LogP contribution is -2.13. The molecule has 0 heterocycles. The third-order valence-corrected chi connectivity index (χ3v) is 3.55. The Kier molecular flexibility index (Phi) is 7.38. The summed E-state index contributed by atoms with van der Waals surface area (Å²) < 4.78 is 6.11. The molecule has 0 fully saturated rings. The van der Waals surface area contributed by atoms with E-state index in [2.05, 4.69) is 21.2 Å². The zero-order valence-corrected chi connectivity index (χ0v) is 14.5. The summed E-state index contributed by atoms with van der Waals surface area (Å²) >= 11 is 3.38. The number of nitrogens with two attached hydrogens (primary N) is 1. The highest BCUT2D eigenvalue weighted by molar-refractivity contribution is 9.10. The van der Waals surface area contributed by atoms with Gasteiger partial charge in [-0.25, -0.2) is 0 Å². The summed E-state index contributed by atoms with van der Waals surface area (Å²) in [6.07, 6.45) is 0.807. The summed E-state index contributed by atoms with van der Waals surface area (Å²) in [7, 11) is 1.57. The van der Waals surface area contributed by atoms with Crippen LogP contribution < -0.4 is 15.8 Å². The highest BCUT2D eigenvalue weighted by Crippen LogP contribution is 2.28. The number of benzene rings is 2. The number of carbonyl (C=O) groups is 1. The third kappa shape index (κ3) is 4.73. The van der Waals surface area contributed by atoms with Gasteiger partial charge in [0, 0.05) is 10.0 Å². The van der Waals surface area contributed by atoms with E-state index in [9.17, 15) is 4.79 Å². The van der Waals surface area contributed by atoms with Gasteiger partial charge < -0.3 is 15.8 Å². The van der Waals surface area contributed by atoms with Gasteiger partial charge in [-0.1, -0.05) is 28.1 Å². The van der Waals surface area contributed by atoms with Crippen LogP contribution in [0.4, 0.5) is 5.69 Å². The van der Waals surface area contributed by atoms with Crippen LogP contribution in [0, 0.1) is 0 Å². The summed E-state index contributed by atoms with van der Waals surface area (Å²) in [5, 5.41) is 2.85. The minimum atomic E-state index is -0.175. The Hall–Kier alpha value is -1.56. The molecule has 0 saturated heterocycles. The Morgan fingerprint density at radius 2 is 1.91 bits per heavy atom. The molecule has 22 heavy (non-hydrogen) atoms. The van der Waals surface area contributed by atoms with Crippen molar-refractivity contribution in [3.8, 4) is 5.75 Å². The molecule has 0 aliphatic heterocycles. The first-order chi connectivity index (χ1) is 10.1. The second-order valence-electron chi connectivity index (χ2n) is 4.53. The summed E-state index contributed by atoms with van der Waals surface area (Å²) in [6, 6.07) is 12.9. The van der Waals surface area contributed by atoms with Crippen LogP contribution in [0.3, 0.4) is 0 Å². The fraction of sp³-hybridized carbons (Fsp3) is 0.188. The largest absolute Gasteiger partial charge is 0.495 e. The van der Waals surface area contributed by atoms with Gasteiger partial charge in [0.25, 0.3) is 5.91 Å². The molecule has 0 bridgehead atoms. The quantitative estimate of drug-likeness (QED) is 0.826. The maximum Gasteiger partial charge on any atom is 0.255 e. The highest BCUT2D eigenvalue weighted by Gasteiger charge is 2.10. The van der Waals surface area contributed by atoms with Crippen molar-refractivity contribution < 1.29 is 9.53 Å². The van der Waals surface area contributed by atoms with E-state index in [4.69, 9.17) is 10.5 Å². The van der Waals surface area contributed by atoms with Crippen molar-refractivity contribution in [1.29, 1.82) is 0 Å². The van der Waals surface area contributed by atoms with Crippen LogP contribution in [0.15, 0.2) is 46.9 Å². The van der Waals surface area contributed by atoms with Gasteiger partial charge in [0.05, 0.1) is 12.8 Å². The van der Waals surface area contributed by atoms with Gasteiger partial charge in [-0.2, -0.15) is 0 Å². The number of carbonyl (C=O) groups excluding carboxylic acids is 1. The van der Waals surface area contributed by atoms with E-state index < -0.39 is 0 Å². The SMILES string of the molecule is COc1ccc(Br)cc1NC(=O)c1ccc(CCN)cc1.Cl. The number of methoxy groups -OCH3 is 1. The van der Waals surface area contributed by atoms with Crippen LogP contribution >= 0.6 is 28.3 Å². The van der Waals surface area contributed by atoms with Crippen LogP contribution in [0.5, 0.6) is 5.75 Å². The zero-order valence-electron chi connectivity index (χ0n) is 12.1. The van der Waals surface area contributed by atoms with Crippen LogP contribution in [-0.4, -0.2) is 19.6 Å². The molecule has 0 unspecified atom stereocenters. The molecule has 2 aromatic carbocycles. The van der Waals surface area contributed by atoms with Crippen molar-refractivity contribution in [2.45, 2.75) is 6.42 Å². The van der Waals surface area contributed by atoms with E-state index in [0.717, 1.165) is 16.5 Å². The number of amides is 1. The second kappa shape index (κ2) is 8.78. The van der Waals surface area contributed by atoms with Gasteiger partial charge in [-0.05, 0) is 48.9 Å². The Morgan fingerprint density at radius 1 is 1.23 bits per heavy atom. The average Bonchev–Trinajstić information content (AvgIpc) is 2.48. The summed E-state index contributed by atoms with van der Waals surface area (Å²) in [6.45, 7) is 0.598. The minimum Gasteiger partial charge on any atom is -0.495 e. The van der Waals surface area contributed by atoms with Crippen molar-refractivity contribution in [3.05, 3.63) is 58.1 Å². The number of hydrogen-bond acceptors (Lipinski definition) is 3. The monoisotopic (exact) mass is 384 g/mol. The normalized spacial score (nSPS) is 9.77. The topological polar surface area (TPSA) is 64.3 Å². The lowest BCUT2D eigenvalue weighted by molar-refractivity contribution is 0.102. The average molecular weight is 386 g/mol. The highest BCUT2D eigenvalue weighted by atomic mass is 79.9. The van der Waals surface area contributed by atoms with Crippen molar-refractivity contribution in [3.63, 3.8) is 0 Å². The van der Waals surface area contributed by atoms with E-state index in [1.807, 2.05) is 18.2 Å². The summed E-state index contributed by atoms with van der Waals surface area (Å²) in [4.78, 5) is 12.3. The number of halogens is 2. The Labute approximate surface area is 144 Å². The lowest BCUT2D eigenvalue weighted by Gasteiger charge is -2.11. The molecule has 0 aliphatic rings. The molecule has 3 N–H and O–H groups in total. The fourth-order valence-corrected chi connectivity index (χ4v) is 2.32. The zero-order chi connectivity index (χ0) is 15.2. The second-order valence-corrected chi connectivity index (χ2v) is 5.45. The smallest absolute Gasteiger partial charge is 0.255 e. The fourth-order valence-electron chi connectivity index (χ4n) is 1.96. The first kappa shape index (κ1) is 18.5. The number of ether oxygens (including phenoxy) is 1. The minimum absolute atomic E-state index is 0. The molecule has 0 spiro atoms. The maximum absolute atomic E-state index is 12.3. The van der Waals surface area contributed by atoms with Crippen LogP contribution in [0.1, 0.15) is 15.9 Å². The number of anilines is 1. The molecular formula is C16H18BrClN2O2. The van der Waals surface area contributed by atoms with Crippen molar-refractivity contribution in [1.82, 2.24) is 0 Å². The van der Waals surface area contributed by atoms with Crippen LogP contribution in [-0.2, 0) is 6.42 Å². The van der Waals surface area contributed by atoms with Gasteiger partial charge in [-0.15, -0.1) is 12.4 Å². The number of nitrogens with one attached hydrogen (secondary N) is 1. The summed E-state index contributed by atoms with van der Waals surface area (Å²) in [5.41, 5.74) is 7.85. The maximum atomic E-state index is 12.3. The molecule has 0 aromatic heterocycles. The first-order valence-corrected chi connectivity index (χ1v) is 7.37. The number of hydrogen-bond donors (Lipinski definition) is 2. The third-order valence-electron chi connectivity index (χ3n) is 3.06. The van der Waals surface area contributed by atoms with Gasteiger partial charge in [0.15, 0.2) is 0 Å². The van der Waals surface area contributed by atoms with Gasteiger partial charge in [-0.3, -0.25) is 4.79 Å². The van der Waals surface area contributed by atoms with E-state index in [1.54, 1.807) is 31.4 Å². The molecule has 0 saturated carbocycles. The van der Waals surface area contributed by atoms with E-state index in [0.29, 0.717) is 23.5 Å². The standard InChI is InChI=1S/C16H17BrN2O2.ClH/c1-21-15-7-6-13(17)10-14(15)19-16(20)12-4-2-11(3-5-12)8-9-18;/h2-7,10H,8-9,18H2,1H3,(H,19,20);1H. The molecule has 6 heteroatoms. The molecule has 1 amide bonds. The lowest BCUT2D eigenvalue weighted by atomic mass is 10.1. The molecule has 0 aliphatic carbocycles. The summed E-state index contributed by atoms with van der Waals surface area (Å²) in [5.74, 6) is 0.442. The van der Waals surface area contributed by atoms with Gasteiger partial charge in [0.2, 0.25) is 0 Å². The Morgan fingerprint density at radius 3 is 2.50 bits per heavy atom. The van der Waals surface area contributed by atoms with E-state index >= 15 is 0 Å².